The molecule has 0 atom stereocenters. The van der Waals surface area contributed by atoms with Gasteiger partial charge in [-0.2, -0.15) is 0 Å². The number of aromatic nitrogens is 1. The van der Waals surface area contributed by atoms with Crippen LogP contribution in [0, 0.1) is 0 Å². The lowest BCUT2D eigenvalue weighted by molar-refractivity contribution is -0.140. The first-order chi connectivity index (χ1) is 7.13. The van der Waals surface area contributed by atoms with Crippen LogP contribution >= 0.6 is 11.6 Å². The van der Waals surface area contributed by atoms with E-state index in [0.29, 0.717) is 23.1 Å². The average Bonchev–Trinajstić information content (AvgIpc) is 2.17. The van der Waals surface area contributed by atoms with Crippen LogP contribution in [0.1, 0.15) is 6.92 Å². The quantitative estimate of drug-likeness (QED) is 0.761. The molecule has 1 aromatic heterocycles. The minimum atomic E-state index is -0.353. The Labute approximate surface area is 92.6 Å². The van der Waals surface area contributed by atoms with E-state index in [2.05, 4.69) is 10.3 Å². The second kappa shape index (κ2) is 5.41. The molecule has 0 aliphatic rings. The molecule has 0 aromatic carbocycles. The van der Waals surface area contributed by atoms with Crippen molar-refractivity contribution < 1.29 is 9.53 Å². The fourth-order valence-electron chi connectivity index (χ4n) is 0.971. The third-order valence-electron chi connectivity index (χ3n) is 1.59. The highest BCUT2D eigenvalue weighted by Crippen LogP contribution is 2.18. The van der Waals surface area contributed by atoms with Crippen LogP contribution in [0.2, 0.25) is 5.02 Å². The standard InChI is InChI=1S/C9H12ClN3O2/c1-2-15-8(14)5-13-9-7(11)3-6(10)4-12-9/h3-4H,2,5,11H2,1H3,(H,12,13). The maximum Gasteiger partial charge on any atom is 0.325 e. The van der Waals surface area contributed by atoms with Gasteiger partial charge in [0.05, 0.1) is 17.3 Å². The molecule has 0 saturated carbocycles. The van der Waals surface area contributed by atoms with Gasteiger partial charge in [-0.25, -0.2) is 4.98 Å². The maximum absolute atomic E-state index is 11.0. The van der Waals surface area contributed by atoms with Crippen molar-refractivity contribution in [1.29, 1.82) is 0 Å². The Hall–Kier alpha value is -1.49. The van der Waals surface area contributed by atoms with Crippen LogP contribution in [0.4, 0.5) is 11.5 Å². The van der Waals surface area contributed by atoms with Crippen LogP contribution in [0.15, 0.2) is 12.3 Å². The van der Waals surface area contributed by atoms with E-state index in [4.69, 9.17) is 22.1 Å². The summed E-state index contributed by atoms with van der Waals surface area (Å²) < 4.78 is 4.73. The lowest BCUT2D eigenvalue weighted by atomic mass is 10.4. The zero-order valence-electron chi connectivity index (χ0n) is 8.29. The number of nitrogens with zero attached hydrogens (tertiary/aromatic N) is 1. The van der Waals surface area contributed by atoms with Crippen LogP contribution in [0.25, 0.3) is 0 Å². The Bertz CT molecular complexity index is 357. The van der Waals surface area contributed by atoms with Gasteiger partial charge in [0.2, 0.25) is 0 Å². The molecule has 0 unspecified atom stereocenters. The summed E-state index contributed by atoms with van der Waals surface area (Å²) in [7, 11) is 0. The molecule has 15 heavy (non-hydrogen) atoms. The molecule has 1 aromatic rings. The van der Waals surface area contributed by atoms with E-state index in [1.165, 1.54) is 6.20 Å². The van der Waals surface area contributed by atoms with Crippen LogP contribution in [0.5, 0.6) is 0 Å². The second-order valence-corrected chi connectivity index (χ2v) is 3.19. The molecule has 3 N–H and O–H groups in total. The maximum atomic E-state index is 11.0. The largest absolute Gasteiger partial charge is 0.465 e. The summed E-state index contributed by atoms with van der Waals surface area (Å²) in [5, 5.41) is 3.21. The van der Waals surface area contributed by atoms with E-state index in [0.717, 1.165) is 0 Å². The highest BCUT2D eigenvalue weighted by atomic mass is 35.5. The molecule has 6 heteroatoms. The molecule has 1 rings (SSSR count). The van der Waals surface area contributed by atoms with Crippen LogP contribution in [0.3, 0.4) is 0 Å². The van der Waals surface area contributed by atoms with Gasteiger partial charge >= 0.3 is 5.97 Å². The molecule has 0 bridgehead atoms. The van der Waals surface area contributed by atoms with Crippen molar-refractivity contribution in [1.82, 2.24) is 4.98 Å². The Kier molecular flexibility index (Phi) is 4.17. The monoisotopic (exact) mass is 229 g/mol. The smallest absolute Gasteiger partial charge is 0.325 e. The highest BCUT2D eigenvalue weighted by molar-refractivity contribution is 6.30. The van der Waals surface area contributed by atoms with Gasteiger partial charge in [-0.3, -0.25) is 4.79 Å². The number of carbonyl (C=O) groups is 1. The van der Waals surface area contributed by atoms with Crippen LogP contribution in [-0.2, 0) is 9.53 Å². The van der Waals surface area contributed by atoms with Gasteiger partial charge in [0.15, 0.2) is 0 Å². The van der Waals surface area contributed by atoms with Gasteiger partial charge in [0, 0.05) is 6.20 Å². The number of nitrogens with one attached hydrogen (secondary N) is 1. The highest BCUT2D eigenvalue weighted by Gasteiger charge is 2.04. The number of ether oxygens (including phenoxy) is 1. The molecular formula is C9H12ClN3O2. The Morgan fingerprint density at radius 1 is 1.73 bits per heavy atom. The van der Waals surface area contributed by atoms with E-state index in [1.807, 2.05) is 0 Å². The zero-order chi connectivity index (χ0) is 11.3. The number of anilines is 2. The number of halogens is 1. The van der Waals surface area contributed by atoms with Crippen molar-refractivity contribution in [3.63, 3.8) is 0 Å². The van der Waals surface area contributed by atoms with Gasteiger partial charge in [-0.05, 0) is 13.0 Å². The van der Waals surface area contributed by atoms with Crippen molar-refractivity contribution >= 4 is 29.1 Å². The first-order valence-corrected chi connectivity index (χ1v) is 4.81. The molecule has 5 nitrogen and oxygen atoms in total. The minimum absolute atomic E-state index is 0.0344. The van der Waals surface area contributed by atoms with Crippen molar-refractivity contribution in [3.05, 3.63) is 17.3 Å². The van der Waals surface area contributed by atoms with Gasteiger partial charge in [0.25, 0.3) is 0 Å². The van der Waals surface area contributed by atoms with E-state index in [-0.39, 0.29) is 12.5 Å². The van der Waals surface area contributed by atoms with Crippen molar-refractivity contribution in [3.8, 4) is 0 Å². The summed E-state index contributed by atoms with van der Waals surface area (Å²) >= 11 is 5.67. The van der Waals surface area contributed by atoms with E-state index >= 15 is 0 Å². The SMILES string of the molecule is CCOC(=O)CNc1ncc(Cl)cc1N. The predicted molar refractivity (Wildman–Crippen MR) is 58.8 cm³/mol. The Balaban J connectivity index is 2.54. The van der Waals surface area contributed by atoms with E-state index < -0.39 is 0 Å². The van der Waals surface area contributed by atoms with Gasteiger partial charge in [-0.15, -0.1) is 0 Å². The van der Waals surface area contributed by atoms with Gasteiger partial charge < -0.3 is 15.8 Å². The van der Waals surface area contributed by atoms with Gasteiger partial charge in [0.1, 0.15) is 12.4 Å². The summed E-state index contributed by atoms with van der Waals surface area (Å²) in [5.41, 5.74) is 6.02. The molecule has 0 radical (unpaired) electrons. The first-order valence-electron chi connectivity index (χ1n) is 4.44. The number of rotatable bonds is 4. The molecule has 1 heterocycles. The number of hydrogen-bond acceptors (Lipinski definition) is 5. The second-order valence-electron chi connectivity index (χ2n) is 2.75. The topological polar surface area (TPSA) is 77.2 Å². The normalized spacial score (nSPS) is 9.73. The number of nitrogens with two attached hydrogens (primary N) is 1. The third kappa shape index (κ3) is 3.63. The van der Waals surface area contributed by atoms with E-state index in [9.17, 15) is 4.79 Å². The average molecular weight is 230 g/mol. The lowest BCUT2D eigenvalue weighted by Gasteiger charge is -2.07. The summed E-state index contributed by atoms with van der Waals surface area (Å²) in [6, 6.07) is 1.56. The Morgan fingerprint density at radius 2 is 2.47 bits per heavy atom. The summed E-state index contributed by atoms with van der Waals surface area (Å²) in [6.45, 7) is 2.13. The molecule has 0 fully saturated rings. The fourth-order valence-corrected chi connectivity index (χ4v) is 1.14. The van der Waals surface area contributed by atoms with E-state index in [1.54, 1.807) is 13.0 Å². The molecule has 0 amide bonds. The van der Waals surface area contributed by atoms with Crippen molar-refractivity contribution in [2.75, 3.05) is 24.2 Å². The fraction of sp³-hybridized carbons (Fsp3) is 0.333. The summed E-state index contributed by atoms with van der Waals surface area (Å²) in [6.07, 6.45) is 1.45. The van der Waals surface area contributed by atoms with Crippen molar-refractivity contribution in [2.45, 2.75) is 6.92 Å². The number of esters is 1. The summed E-state index contributed by atoms with van der Waals surface area (Å²) in [5.74, 6) is 0.0705. The first kappa shape index (κ1) is 11.6. The van der Waals surface area contributed by atoms with Crippen molar-refractivity contribution in [2.24, 2.45) is 0 Å². The van der Waals surface area contributed by atoms with Crippen LogP contribution in [-0.4, -0.2) is 24.1 Å². The molecule has 0 aliphatic heterocycles. The number of pyridine rings is 1. The number of nitrogen functional groups attached to an aromatic ring is 1. The molecule has 0 spiro atoms. The minimum Gasteiger partial charge on any atom is -0.465 e. The lowest BCUT2D eigenvalue weighted by Crippen LogP contribution is -2.18. The third-order valence-corrected chi connectivity index (χ3v) is 1.80. The molecule has 0 saturated heterocycles. The number of hydrogen-bond donors (Lipinski definition) is 2. The zero-order valence-corrected chi connectivity index (χ0v) is 9.04. The van der Waals surface area contributed by atoms with Crippen LogP contribution < -0.4 is 11.1 Å². The molecule has 0 aliphatic carbocycles. The molecular weight excluding hydrogens is 218 g/mol. The Morgan fingerprint density at radius 3 is 3.07 bits per heavy atom. The molecule has 82 valence electrons. The predicted octanol–water partition coefficient (Wildman–Crippen LogP) is 1.29. The number of carbonyl (C=O) groups excluding carboxylic acids is 1. The van der Waals surface area contributed by atoms with Gasteiger partial charge in [-0.1, -0.05) is 11.6 Å². The summed E-state index contributed by atoms with van der Waals surface area (Å²) in [4.78, 5) is 14.9.